The van der Waals surface area contributed by atoms with Crippen molar-refractivity contribution in [2.45, 2.75) is 13.1 Å². The SMILES string of the molecule is Cc1ccc(NC(=O)N(I)c2ccc(Cl)c(C(F)(F)F)c2)cc1I. The molecule has 0 aliphatic heterocycles. The van der Waals surface area contributed by atoms with Crippen LogP contribution in [0, 0.1) is 10.5 Å². The molecule has 0 saturated carbocycles. The van der Waals surface area contributed by atoms with Crippen LogP contribution in [-0.4, -0.2) is 6.03 Å². The number of nitrogens with one attached hydrogen (secondary N) is 1. The number of aryl methyl sites for hydroxylation is 1. The normalized spacial score (nSPS) is 11.3. The van der Waals surface area contributed by atoms with E-state index in [0.29, 0.717) is 5.69 Å². The Balaban J connectivity index is 2.23. The molecule has 2 amide bonds. The van der Waals surface area contributed by atoms with Crippen molar-refractivity contribution in [3.8, 4) is 0 Å². The fourth-order valence-electron chi connectivity index (χ4n) is 1.81. The zero-order valence-corrected chi connectivity index (χ0v) is 17.2. The number of halogens is 6. The van der Waals surface area contributed by atoms with E-state index in [1.165, 1.54) is 6.07 Å². The van der Waals surface area contributed by atoms with Crippen molar-refractivity contribution in [1.82, 2.24) is 0 Å². The fourth-order valence-corrected chi connectivity index (χ4v) is 2.97. The molecule has 0 saturated heterocycles. The van der Waals surface area contributed by atoms with E-state index in [0.717, 1.165) is 24.4 Å². The molecule has 0 spiro atoms. The Labute approximate surface area is 169 Å². The summed E-state index contributed by atoms with van der Waals surface area (Å²) in [4.78, 5) is 12.2. The predicted octanol–water partition coefficient (Wildman–Crippen LogP) is 6.66. The van der Waals surface area contributed by atoms with Crippen LogP contribution in [0.25, 0.3) is 0 Å². The zero-order chi connectivity index (χ0) is 18.1. The molecule has 24 heavy (non-hydrogen) atoms. The number of carbonyl (C=O) groups is 1. The van der Waals surface area contributed by atoms with Gasteiger partial charge < -0.3 is 5.32 Å². The van der Waals surface area contributed by atoms with Crippen molar-refractivity contribution in [3.05, 3.63) is 56.1 Å². The molecular formula is C15H10ClF3I2N2O. The summed E-state index contributed by atoms with van der Waals surface area (Å²) in [5.74, 6) is 0. The van der Waals surface area contributed by atoms with Gasteiger partial charge in [0.2, 0.25) is 0 Å². The number of anilines is 2. The molecule has 0 radical (unpaired) electrons. The summed E-state index contributed by atoms with van der Waals surface area (Å²) in [6.45, 7) is 1.93. The van der Waals surface area contributed by atoms with Crippen LogP contribution in [0.4, 0.5) is 29.3 Å². The van der Waals surface area contributed by atoms with Crippen molar-refractivity contribution in [1.29, 1.82) is 0 Å². The van der Waals surface area contributed by atoms with Crippen LogP contribution in [0.3, 0.4) is 0 Å². The Morgan fingerprint density at radius 3 is 2.46 bits per heavy atom. The molecule has 0 aromatic heterocycles. The Bertz CT molecular complexity index is 784. The van der Waals surface area contributed by atoms with Gasteiger partial charge in [0.05, 0.1) is 39.1 Å². The van der Waals surface area contributed by atoms with Gasteiger partial charge in [0.15, 0.2) is 0 Å². The highest BCUT2D eigenvalue weighted by Gasteiger charge is 2.34. The topological polar surface area (TPSA) is 32.3 Å². The molecule has 9 heteroatoms. The molecule has 1 N–H and O–H groups in total. The number of nitrogens with zero attached hydrogens (tertiary/aromatic N) is 1. The first-order valence-electron chi connectivity index (χ1n) is 6.49. The maximum Gasteiger partial charge on any atom is 0.417 e. The lowest BCUT2D eigenvalue weighted by Crippen LogP contribution is -2.26. The van der Waals surface area contributed by atoms with Crippen LogP contribution in [-0.2, 0) is 6.18 Å². The predicted molar refractivity (Wildman–Crippen MR) is 106 cm³/mol. The van der Waals surface area contributed by atoms with Gasteiger partial charge in [0.1, 0.15) is 0 Å². The minimum Gasteiger partial charge on any atom is -0.307 e. The molecular weight excluding hydrogens is 570 g/mol. The lowest BCUT2D eigenvalue weighted by molar-refractivity contribution is -0.137. The number of hydrogen-bond donors (Lipinski definition) is 1. The molecule has 0 fully saturated rings. The maximum atomic E-state index is 12.9. The van der Waals surface area contributed by atoms with Gasteiger partial charge >= 0.3 is 12.2 Å². The number of carbonyl (C=O) groups excluding carboxylic acids is 1. The fraction of sp³-hybridized carbons (Fsp3) is 0.133. The van der Waals surface area contributed by atoms with Crippen molar-refractivity contribution < 1.29 is 18.0 Å². The van der Waals surface area contributed by atoms with Crippen LogP contribution in [0.5, 0.6) is 0 Å². The van der Waals surface area contributed by atoms with Crippen LogP contribution in [0.2, 0.25) is 5.02 Å². The van der Waals surface area contributed by atoms with Crippen LogP contribution in [0.1, 0.15) is 11.1 Å². The van der Waals surface area contributed by atoms with E-state index in [-0.39, 0.29) is 5.69 Å². The number of rotatable bonds is 2. The molecule has 3 nitrogen and oxygen atoms in total. The first-order valence-corrected chi connectivity index (χ1v) is 8.91. The van der Waals surface area contributed by atoms with Crippen LogP contribution in [0.15, 0.2) is 36.4 Å². The molecule has 2 aromatic rings. The second kappa shape index (κ2) is 7.65. The van der Waals surface area contributed by atoms with E-state index < -0.39 is 22.8 Å². The molecule has 0 atom stereocenters. The summed E-state index contributed by atoms with van der Waals surface area (Å²) in [6.07, 6.45) is -4.59. The third-order valence-corrected chi connectivity index (χ3v) is 5.57. The summed E-state index contributed by atoms with van der Waals surface area (Å²) in [7, 11) is 0. The standard InChI is InChI=1S/C15H10ClF3I2N2O/c1-8-2-3-9(6-13(8)20)22-14(24)23(21)10-4-5-12(16)11(7-10)15(17,18)19/h2-7H,1H3,(H,22,24). The molecule has 0 aliphatic carbocycles. The Hall–Kier alpha value is -0.750. The minimum atomic E-state index is -4.59. The highest BCUT2D eigenvalue weighted by Crippen LogP contribution is 2.37. The van der Waals surface area contributed by atoms with E-state index >= 15 is 0 Å². The smallest absolute Gasteiger partial charge is 0.307 e. The van der Waals surface area contributed by atoms with Gasteiger partial charge in [0.25, 0.3) is 0 Å². The zero-order valence-electron chi connectivity index (χ0n) is 12.1. The average Bonchev–Trinajstić information content (AvgIpc) is 2.49. The van der Waals surface area contributed by atoms with E-state index in [9.17, 15) is 18.0 Å². The molecule has 2 rings (SSSR count). The van der Waals surface area contributed by atoms with Gasteiger partial charge in [-0.1, -0.05) is 17.7 Å². The number of alkyl halides is 3. The largest absolute Gasteiger partial charge is 0.417 e. The highest BCUT2D eigenvalue weighted by atomic mass is 127. The van der Waals surface area contributed by atoms with Gasteiger partial charge in [0, 0.05) is 9.26 Å². The van der Waals surface area contributed by atoms with Crippen molar-refractivity contribution >= 4 is 74.5 Å². The third-order valence-electron chi connectivity index (χ3n) is 3.08. The van der Waals surface area contributed by atoms with Gasteiger partial charge in [-0.15, -0.1) is 0 Å². The molecule has 0 unspecified atom stereocenters. The molecule has 0 heterocycles. The number of hydrogen-bond acceptors (Lipinski definition) is 1. The second-order valence-corrected chi connectivity index (χ2v) is 7.37. The number of amides is 2. The van der Waals surface area contributed by atoms with Crippen molar-refractivity contribution in [2.24, 2.45) is 0 Å². The molecule has 128 valence electrons. The molecule has 2 aromatic carbocycles. The van der Waals surface area contributed by atoms with Gasteiger partial charge in [-0.25, -0.2) is 7.91 Å². The van der Waals surface area contributed by atoms with Gasteiger partial charge in [-0.2, -0.15) is 13.2 Å². The average molecular weight is 581 g/mol. The number of benzene rings is 2. The van der Waals surface area contributed by atoms with E-state index in [1.54, 1.807) is 35.0 Å². The monoisotopic (exact) mass is 580 g/mol. The van der Waals surface area contributed by atoms with Crippen molar-refractivity contribution in [2.75, 3.05) is 8.43 Å². The summed E-state index contributed by atoms with van der Waals surface area (Å²) in [5, 5.41) is 2.23. The maximum absolute atomic E-state index is 12.9. The first-order chi connectivity index (χ1) is 11.1. The van der Waals surface area contributed by atoms with Gasteiger partial charge in [-0.3, -0.25) is 0 Å². The van der Waals surface area contributed by atoms with E-state index in [2.05, 4.69) is 27.9 Å². The quantitative estimate of drug-likeness (QED) is 0.313. The highest BCUT2D eigenvalue weighted by molar-refractivity contribution is 14.1. The summed E-state index contributed by atoms with van der Waals surface area (Å²) >= 11 is 9.36. The summed E-state index contributed by atoms with van der Waals surface area (Å²) < 4.78 is 40.8. The lowest BCUT2D eigenvalue weighted by Gasteiger charge is -2.18. The Morgan fingerprint density at radius 1 is 1.21 bits per heavy atom. The minimum absolute atomic E-state index is 0.0756. The Kier molecular flexibility index (Phi) is 6.24. The summed E-state index contributed by atoms with van der Waals surface area (Å²) in [6, 6.07) is 8.09. The van der Waals surface area contributed by atoms with Crippen molar-refractivity contribution in [3.63, 3.8) is 0 Å². The first kappa shape index (κ1) is 19.6. The molecule has 0 aliphatic rings. The van der Waals surface area contributed by atoms with Crippen LogP contribution >= 0.6 is 57.1 Å². The molecule has 0 bridgehead atoms. The van der Waals surface area contributed by atoms with E-state index in [4.69, 9.17) is 11.6 Å². The lowest BCUT2D eigenvalue weighted by atomic mass is 10.2. The van der Waals surface area contributed by atoms with Crippen LogP contribution < -0.4 is 8.43 Å². The number of urea groups is 1. The Morgan fingerprint density at radius 2 is 1.88 bits per heavy atom. The summed E-state index contributed by atoms with van der Waals surface area (Å²) in [5.41, 5.74) is 0.710. The van der Waals surface area contributed by atoms with E-state index in [1.807, 2.05) is 13.0 Å². The second-order valence-electron chi connectivity index (χ2n) is 4.84. The van der Waals surface area contributed by atoms with Gasteiger partial charge in [-0.05, 0) is 65.4 Å². The third kappa shape index (κ3) is 4.66.